The van der Waals surface area contributed by atoms with Crippen LogP contribution in [0.15, 0.2) is 12.2 Å². The minimum Gasteiger partial charge on any atom is -0.463 e. The largest absolute Gasteiger partial charge is 0.463 e. The number of nitriles is 1. The molecule has 5 nitrogen and oxygen atoms in total. The number of hydrogen-bond acceptors (Lipinski definition) is 4. The van der Waals surface area contributed by atoms with Gasteiger partial charge < -0.3 is 9.64 Å². The van der Waals surface area contributed by atoms with Crippen LogP contribution in [0.1, 0.15) is 6.92 Å². The Labute approximate surface area is 81.6 Å². The number of hydrogen-bond donors (Lipinski definition) is 0. The van der Waals surface area contributed by atoms with Crippen molar-refractivity contribution in [3.05, 3.63) is 12.2 Å². The van der Waals surface area contributed by atoms with Crippen LogP contribution in [0.4, 0.5) is 0 Å². The maximum Gasteiger partial charge on any atom is 0.330 e. The standard InChI is InChI=1S/C9H10N2O3/c1-2-14-9(13)4-3-8(12)11-6-7(11)5-10/h3-4,7H,2,6H2,1H3. The van der Waals surface area contributed by atoms with Gasteiger partial charge in [0.25, 0.3) is 0 Å². The van der Waals surface area contributed by atoms with Gasteiger partial charge in [-0.3, -0.25) is 4.79 Å². The van der Waals surface area contributed by atoms with Crippen LogP contribution in [-0.2, 0) is 14.3 Å². The van der Waals surface area contributed by atoms with E-state index in [0.717, 1.165) is 12.2 Å². The Hall–Kier alpha value is -1.83. The maximum absolute atomic E-state index is 11.2. The molecule has 1 amide bonds. The summed E-state index contributed by atoms with van der Waals surface area (Å²) in [5.41, 5.74) is 0. The third-order valence-electron chi connectivity index (χ3n) is 1.69. The first kappa shape index (κ1) is 10.3. The topological polar surface area (TPSA) is 70.2 Å². The SMILES string of the molecule is CCOC(=O)C=CC(=O)N1CC1C#N. The van der Waals surface area contributed by atoms with Crippen LogP contribution in [-0.4, -0.2) is 36.0 Å². The highest BCUT2D eigenvalue weighted by Gasteiger charge is 2.37. The summed E-state index contributed by atoms with van der Waals surface area (Å²) < 4.78 is 4.58. The van der Waals surface area contributed by atoms with Crippen LogP contribution in [0.25, 0.3) is 0 Å². The van der Waals surface area contributed by atoms with Crippen molar-refractivity contribution in [1.82, 2.24) is 4.90 Å². The number of esters is 1. The highest BCUT2D eigenvalue weighted by molar-refractivity contribution is 5.96. The Morgan fingerprint density at radius 2 is 2.36 bits per heavy atom. The van der Waals surface area contributed by atoms with Gasteiger partial charge in [0.2, 0.25) is 5.91 Å². The van der Waals surface area contributed by atoms with E-state index in [0.29, 0.717) is 6.54 Å². The third kappa shape index (κ3) is 2.59. The van der Waals surface area contributed by atoms with Crippen LogP contribution in [0.3, 0.4) is 0 Å². The first-order valence-electron chi connectivity index (χ1n) is 4.24. The average Bonchev–Trinajstić information content (AvgIpc) is 2.93. The Morgan fingerprint density at radius 1 is 1.64 bits per heavy atom. The van der Waals surface area contributed by atoms with Gasteiger partial charge in [-0.05, 0) is 6.92 Å². The molecule has 0 aromatic rings. The molecule has 1 heterocycles. The fourth-order valence-electron chi connectivity index (χ4n) is 0.919. The van der Waals surface area contributed by atoms with Gasteiger partial charge >= 0.3 is 5.97 Å². The molecule has 0 aliphatic carbocycles. The molecular formula is C9H10N2O3. The van der Waals surface area contributed by atoms with Crippen molar-refractivity contribution in [3.63, 3.8) is 0 Å². The van der Waals surface area contributed by atoms with E-state index >= 15 is 0 Å². The molecule has 74 valence electrons. The lowest BCUT2D eigenvalue weighted by Crippen LogP contribution is -2.10. The highest BCUT2D eigenvalue weighted by Crippen LogP contribution is 2.16. The lowest BCUT2D eigenvalue weighted by molar-refractivity contribution is -0.137. The number of carbonyl (C=O) groups is 2. The zero-order valence-corrected chi connectivity index (χ0v) is 7.77. The Kier molecular flexibility index (Phi) is 3.24. The van der Waals surface area contributed by atoms with E-state index in [1.807, 2.05) is 6.07 Å². The smallest absolute Gasteiger partial charge is 0.330 e. The lowest BCUT2D eigenvalue weighted by Gasteiger charge is -1.95. The molecule has 0 bridgehead atoms. The van der Waals surface area contributed by atoms with Crippen molar-refractivity contribution in [2.24, 2.45) is 0 Å². The van der Waals surface area contributed by atoms with Crippen LogP contribution in [0.2, 0.25) is 0 Å². The monoisotopic (exact) mass is 194 g/mol. The van der Waals surface area contributed by atoms with Gasteiger partial charge in [-0.15, -0.1) is 0 Å². The van der Waals surface area contributed by atoms with Crippen LogP contribution in [0, 0.1) is 11.3 Å². The summed E-state index contributed by atoms with van der Waals surface area (Å²) in [6.45, 7) is 2.41. The van der Waals surface area contributed by atoms with Gasteiger partial charge in [-0.25, -0.2) is 4.79 Å². The summed E-state index contributed by atoms with van der Waals surface area (Å²) in [6.07, 6.45) is 2.19. The number of ether oxygens (including phenoxy) is 1. The number of nitrogens with zero attached hydrogens (tertiary/aromatic N) is 2. The molecule has 0 N–H and O–H groups in total. The van der Waals surface area contributed by atoms with E-state index in [4.69, 9.17) is 5.26 Å². The lowest BCUT2D eigenvalue weighted by atomic mass is 10.4. The summed E-state index contributed by atoms with van der Waals surface area (Å²) in [6, 6.07) is 1.61. The highest BCUT2D eigenvalue weighted by atomic mass is 16.5. The number of amides is 1. The minimum atomic E-state index is -0.545. The average molecular weight is 194 g/mol. The van der Waals surface area contributed by atoms with Crippen molar-refractivity contribution >= 4 is 11.9 Å². The number of carbonyl (C=O) groups excluding carboxylic acids is 2. The molecule has 1 fully saturated rings. The van der Waals surface area contributed by atoms with Crippen LogP contribution >= 0.6 is 0 Å². The second kappa shape index (κ2) is 4.42. The summed E-state index contributed by atoms with van der Waals surface area (Å²) in [4.78, 5) is 23.3. The fraction of sp³-hybridized carbons (Fsp3) is 0.444. The molecule has 1 rings (SSSR count). The quantitative estimate of drug-likeness (QED) is 0.355. The summed E-state index contributed by atoms with van der Waals surface area (Å²) >= 11 is 0. The first-order chi connectivity index (χ1) is 6.69. The molecule has 0 aromatic carbocycles. The van der Waals surface area contributed by atoms with Gasteiger partial charge in [-0.2, -0.15) is 5.26 Å². The summed E-state index contributed by atoms with van der Waals surface area (Å²) in [7, 11) is 0. The van der Waals surface area contributed by atoms with E-state index in [1.54, 1.807) is 6.92 Å². The van der Waals surface area contributed by atoms with Crippen molar-refractivity contribution in [2.75, 3.05) is 13.2 Å². The number of rotatable bonds is 3. The van der Waals surface area contributed by atoms with E-state index in [1.165, 1.54) is 4.90 Å². The molecule has 5 heteroatoms. The van der Waals surface area contributed by atoms with E-state index in [-0.39, 0.29) is 18.6 Å². The zero-order valence-electron chi connectivity index (χ0n) is 7.77. The summed E-state index contributed by atoms with van der Waals surface area (Å²) in [5, 5.41) is 8.43. The molecule has 1 saturated heterocycles. The molecule has 0 radical (unpaired) electrons. The molecule has 1 aliphatic rings. The predicted octanol–water partition coefficient (Wildman–Crippen LogP) is -0.160. The second-order valence-electron chi connectivity index (χ2n) is 2.72. The Morgan fingerprint density at radius 3 is 2.86 bits per heavy atom. The Bertz CT molecular complexity index is 317. The molecule has 0 aromatic heterocycles. The first-order valence-corrected chi connectivity index (χ1v) is 4.24. The van der Waals surface area contributed by atoms with E-state index in [9.17, 15) is 9.59 Å². The minimum absolute atomic E-state index is 0.280. The van der Waals surface area contributed by atoms with E-state index in [2.05, 4.69) is 4.74 Å². The van der Waals surface area contributed by atoms with Gasteiger partial charge in [-0.1, -0.05) is 0 Å². The second-order valence-corrected chi connectivity index (χ2v) is 2.72. The van der Waals surface area contributed by atoms with Crippen LogP contribution in [0.5, 0.6) is 0 Å². The van der Waals surface area contributed by atoms with Gasteiger partial charge in [0, 0.05) is 12.2 Å². The normalized spacial score (nSPS) is 19.1. The molecular weight excluding hydrogens is 184 g/mol. The molecule has 14 heavy (non-hydrogen) atoms. The van der Waals surface area contributed by atoms with Crippen molar-refractivity contribution in [1.29, 1.82) is 5.26 Å². The van der Waals surface area contributed by atoms with Crippen molar-refractivity contribution in [2.45, 2.75) is 13.0 Å². The van der Waals surface area contributed by atoms with Crippen molar-refractivity contribution < 1.29 is 14.3 Å². The van der Waals surface area contributed by atoms with Crippen LogP contribution < -0.4 is 0 Å². The van der Waals surface area contributed by atoms with Crippen molar-refractivity contribution in [3.8, 4) is 6.07 Å². The summed E-state index contributed by atoms with van der Waals surface area (Å²) in [5.74, 6) is -0.874. The van der Waals surface area contributed by atoms with Gasteiger partial charge in [0.15, 0.2) is 0 Å². The molecule has 1 atom stereocenters. The van der Waals surface area contributed by atoms with Gasteiger partial charge in [0.1, 0.15) is 6.04 Å². The zero-order chi connectivity index (χ0) is 10.6. The van der Waals surface area contributed by atoms with Gasteiger partial charge in [0.05, 0.1) is 19.2 Å². The molecule has 1 unspecified atom stereocenters. The predicted molar refractivity (Wildman–Crippen MR) is 46.9 cm³/mol. The fourth-order valence-corrected chi connectivity index (χ4v) is 0.919. The maximum atomic E-state index is 11.2. The van der Waals surface area contributed by atoms with E-state index < -0.39 is 5.97 Å². The third-order valence-corrected chi connectivity index (χ3v) is 1.69. The molecule has 0 spiro atoms. The molecule has 0 saturated carbocycles. The molecule has 1 aliphatic heterocycles. The Balaban J connectivity index is 2.35.